The van der Waals surface area contributed by atoms with Crippen LogP contribution in [0.4, 0.5) is 0 Å². The van der Waals surface area contributed by atoms with Crippen LogP contribution in [0.1, 0.15) is 41.2 Å². The van der Waals surface area contributed by atoms with Crippen molar-refractivity contribution in [1.82, 2.24) is 0 Å². The number of aryl methyl sites for hydroxylation is 3. The molecule has 0 bridgehead atoms. The molecule has 0 N–H and O–H groups in total. The van der Waals surface area contributed by atoms with Crippen molar-refractivity contribution in [1.29, 1.82) is 0 Å². The predicted octanol–water partition coefficient (Wildman–Crippen LogP) is 4.17. The number of esters is 1. The van der Waals surface area contributed by atoms with E-state index in [1.54, 1.807) is 0 Å². The molecule has 120 valence electrons. The molecule has 23 heavy (non-hydrogen) atoms. The number of hydrogen-bond acceptors (Lipinski definition) is 3. The van der Waals surface area contributed by atoms with Crippen LogP contribution in [0.25, 0.3) is 0 Å². The van der Waals surface area contributed by atoms with E-state index in [2.05, 4.69) is 29.9 Å². The normalized spacial score (nSPS) is 16.0. The molecule has 3 nitrogen and oxygen atoms in total. The number of fused-ring (bicyclic) bond motifs is 1. The van der Waals surface area contributed by atoms with E-state index in [1.807, 2.05) is 24.3 Å². The number of ether oxygens (including phenoxy) is 2. The van der Waals surface area contributed by atoms with Crippen molar-refractivity contribution in [2.24, 2.45) is 0 Å². The Hall–Kier alpha value is -2.29. The monoisotopic (exact) mass is 310 g/mol. The van der Waals surface area contributed by atoms with Crippen LogP contribution in [0.5, 0.6) is 5.75 Å². The van der Waals surface area contributed by atoms with Crippen molar-refractivity contribution in [3.8, 4) is 5.75 Å². The van der Waals surface area contributed by atoms with Crippen molar-refractivity contribution < 1.29 is 14.3 Å². The zero-order chi connectivity index (χ0) is 16.2. The summed E-state index contributed by atoms with van der Waals surface area (Å²) in [5.41, 5.74) is 5.14. The molecule has 0 radical (unpaired) electrons. The maximum absolute atomic E-state index is 11.2. The molecule has 0 saturated carbocycles. The van der Waals surface area contributed by atoms with E-state index in [-0.39, 0.29) is 12.1 Å². The molecule has 1 atom stereocenters. The molecule has 1 unspecified atom stereocenters. The molecule has 1 aliphatic rings. The van der Waals surface area contributed by atoms with Crippen LogP contribution in [0.3, 0.4) is 0 Å². The lowest BCUT2D eigenvalue weighted by molar-refractivity contribution is -0.140. The third-order valence-corrected chi connectivity index (χ3v) is 4.37. The fourth-order valence-electron chi connectivity index (χ4n) is 3.08. The molecular formula is C20H22O3. The highest BCUT2D eigenvalue weighted by Crippen LogP contribution is 2.35. The van der Waals surface area contributed by atoms with Crippen molar-refractivity contribution in [3.63, 3.8) is 0 Å². The van der Waals surface area contributed by atoms with Crippen LogP contribution in [0, 0.1) is 6.92 Å². The minimum absolute atomic E-state index is 0.145. The van der Waals surface area contributed by atoms with Crippen LogP contribution in [-0.2, 0) is 22.4 Å². The van der Waals surface area contributed by atoms with E-state index in [1.165, 1.54) is 23.8 Å². The first-order chi connectivity index (χ1) is 11.2. The molecule has 0 spiro atoms. The van der Waals surface area contributed by atoms with Gasteiger partial charge in [-0.1, -0.05) is 35.9 Å². The summed E-state index contributed by atoms with van der Waals surface area (Å²) in [6.07, 6.45) is 3.36. The number of carbonyl (C=O) groups excluding carboxylic acids is 1. The molecule has 2 aromatic carbocycles. The summed E-state index contributed by atoms with van der Waals surface area (Å²) in [5.74, 6) is 0.702. The van der Waals surface area contributed by atoms with Crippen molar-refractivity contribution in [2.75, 3.05) is 7.11 Å². The summed E-state index contributed by atoms with van der Waals surface area (Å²) >= 11 is 0. The second kappa shape index (κ2) is 6.86. The first-order valence-electron chi connectivity index (χ1n) is 8.07. The summed E-state index contributed by atoms with van der Waals surface area (Å²) < 4.78 is 10.8. The Morgan fingerprint density at radius 2 is 1.96 bits per heavy atom. The van der Waals surface area contributed by atoms with E-state index in [0.717, 1.165) is 24.2 Å². The minimum atomic E-state index is -0.178. The number of hydrogen-bond donors (Lipinski definition) is 0. The maximum atomic E-state index is 11.2. The van der Waals surface area contributed by atoms with Crippen LogP contribution in [0.15, 0.2) is 42.5 Å². The van der Waals surface area contributed by atoms with E-state index >= 15 is 0 Å². The number of benzene rings is 2. The minimum Gasteiger partial charge on any atom is -0.486 e. The van der Waals surface area contributed by atoms with E-state index in [9.17, 15) is 4.79 Å². The van der Waals surface area contributed by atoms with Gasteiger partial charge in [-0.15, -0.1) is 0 Å². The van der Waals surface area contributed by atoms with Gasteiger partial charge in [0.1, 0.15) is 11.9 Å². The van der Waals surface area contributed by atoms with Gasteiger partial charge in [0.05, 0.1) is 7.11 Å². The summed E-state index contributed by atoms with van der Waals surface area (Å²) in [7, 11) is 1.42. The van der Waals surface area contributed by atoms with E-state index in [0.29, 0.717) is 12.8 Å². The van der Waals surface area contributed by atoms with Crippen molar-refractivity contribution in [2.45, 2.75) is 38.7 Å². The molecule has 0 heterocycles. The van der Waals surface area contributed by atoms with Gasteiger partial charge in [0.25, 0.3) is 0 Å². The van der Waals surface area contributed by atoms with Gasteiger partial charge in [0, 0.05) is 6.42 Å². The quantitative estimate of drug-likeness (QED) is 0.778. The largest absolute Gasteiger partial charge is 0.486 e. The number of rotatable bonds is 5. The van der Waals surface area contributed by atoms with Crippen LogP contribution in [0.2, 0.25) is 0 Å². The molecule has 0 amide bonds. The van der Waals surface area contributed by atoms with Gasteiger partial charge in [0.2, 0.25) is 0 Å². The Kier molecular flexibility index (Phi) is 4.65. The van der Waals surface area contributed by atoms with Crippen LogP contribution in [-0.4, -0.2) is 13.1 Å². The molecule has 0 saturated heterocycles. The van der Waals surface area contributed by atoms with Crippen molar-refractivity contribution >= 4 is 5.97 Å². The van der Waals surface area contributed by atoms with Gasteiger partial charge in [-0.25, -0.2) is 0 Å². The van der Waals surface area contributed by atoms with Crippen LogP contribution < -0.4 is 4.74 Å². The maximum Gasteiger partial charge on any atom is 0.305 e. The summed E-state index contributed by atoms with van der Waals surface area (Å²) in [4.78, 5) is 11.2. The zero-order valence-corrected chi connectivity index (χ0v) is 13.7. The molecule has 3 heteroatoms. The van der Waals surface area contributed by atoms with Gasteiger partial charge >= 0.3 is 5.97 Å². The molecular weight excluding hydrogens is 288 g/mol. The average Bonchev–Trinajstić information content (AvgIpc) is 2.95. The second-order valence-electron chi connectivity index (χ2n) is 6.07. The van der Waals surface area contributed by atoms with E-state index in [4.69, 9.17) is 4.74 Å². The summed E-state index contributed by atoms with van der Waals surface area (Å²) in [6.45, 7) is 2.13. The molecule has 0 aromatic heterocycles. The zero-order valence-electron chi connectivity index (χ0n) is 13.7. The lowest BCUT2D eigenvalue weighted by Gasteiger charge is -2.15. The SMILES string of the molecule is COC(=O)CCc1ccc(OC2CCc3cc(C)ccc32)cc1. The summed E-state index contributed by atoms with van der Waals surface area (Å²) in [5, 5.41) is 0. The molecule has 3 rings (SSSR count). The van der Waals surface area contributed by atoms with Gasteiger partial charge < -0.3 is 9.47 Å². The van der Waals surface area contributed by atoms with Crippen LogP contribution >= 0.6 is 0 Å². The predicted molar refractivity (Wildman–Crippen MR) is 89.6 cm³/mol. The second-order valence-corrected chi connectivity index (χ2v) is 6.07. The Balaban J connectivity index is 1.62. The highest BCUT2D eigenvalue weighted by Gasteiger charge is 2.23. The Morgan fingerprint density at radius 1 is 1.17 bits per heavy atom. The van der Waals surface area contributed by atoms with E-state index < -0.39 is 0 Å². The van der Waals surface area contributed by atoms with Gasteiger partial charge in [0.15, 0.2) is 0 Å². The molecule has 0 aliphatic heterocycles. The molecule has 1 aliphatic carbocycles. The fraction of sp³-hybridized carbons (Fsp3) is 0.350. The van der Waals surface area contributed by atoms with Gasteiger partial charge in [-0.05, 0) is 55.0 Å². The third-order valence-electron chi connectivity index (χ3n) is 4.37. The topological polar surface area (TPSA) is 35.5 Å². The lowest BCUT2D eigenvalue weighted by atomic mass is 10.1. The smallest absolute Gasteiger partial charge is 0.305 e. The Bertz CT molecular complexity index is 689. The first kappa shape index (κ1) is 15.6. The Morgan fingerprint density at radius 3 is 2.70 bits per heavy atom. The van der Waals surface area contributed by atoms with Gasteiger partial charge in [-0.2, -0.15) is 0 Å². The molecule has 0 fully saturated rings. The lowest BCUT2D eigenvalue weighted by Crippen LogP contribution is -2.04. The highest BCUT2D eigenvalue weighted by molar-refractivity contribution is 5.69. The Labute approximate surface area is 137 Å². The first-order valence-corrected chi connectivity index (χ1v) is 8.07. The van der Waals surface area contributed by atoms with Gasteiger partial charge in [-0.3, -0.25) is 4.79 Å². The standard InChI is InChI=1S/C20H22O3/c1-14-3-10-18-16(13-14)7-11-19(18)23-17-8-4-15(5-9-17)6-12-20(21)22-2/h3-5,8-10,13,19H,6-7,11-12H2,1-2H3. The summed E-state index contributed by atoms with van der Waals surface area (Å²) in [6, 6.07) is 14.6. The fourth-order valence-corrected chi connectivity index (χ4v) is 3.08. The number of methoxy groups -OCH3 is 1. The molecule has 2 aromatic rings. The average molecular weight is 310 g/mol. The third kappa shape index (κ3) is 3.73. The highest BCUT2D eigenvalue weighted by atomic mass is 16.5. The van der Waals surface area contributed by atoms with Crippen molar-refractivity contribution in [3.05, 3.63) is 64.7 Å². The number of carbonyl (C=O) groups is 1.